The molecule has 0 bridgehead atoms. The number of hydrogen-bond acceptors (Lipinski definition) is 4. The van der Waals surface area contributed by atoms with Crippen molar-refractivity contribution in [3.63, 3.8) is 0 Å². The van der Waals surface area contributed by atoms with Gasteiger partial charge in [0.05, 0.1) is 18.5 Å². The smallest absolute Gasteiger partial charge is 0.307 e. The van der Waals surface area contributed by atoms with E-state index in [1.807, 2.05) is 29.3 Å². The summed E-state index contributed by atoms with van der Waals surface area (Å²) in [4.78, 5) is 28.6. The largest absolute Gasteiger partial charge is 0.481 e. The van der Waals surface area contributed by atoms with Crippen LogP contribution in [0.3, 0.4) is 0 Å². The zero-order valence-corrected chi connectivity index (χ0v) is 14.8. The van der Waals surface area contributed by atoms with E-state index in [0.29, 0.717) is 32.6 Å². The molecule has 0 radical (unpaired) electrons. The standard InChI is InChI=1S/C16H22N2O3S.ClH/c1-3-7-18(11-14-5-4-9-22-14)15(19)12(2)17-8-6-13(10-17)16(20)21;/h3-5,9,12-13H,1,6-8,10-11H2,2H3,(H,20,21);1H. The minimum atomic E-state index is -0.774. The molecule has 2 unspecified atom stereocenters. The fourth-order valence-electron chi connectivity index (χ4n) is 2.74. The van der Waals surface area contributed by atoms with Crippen LogP contribution in [0.5, 0.6) is 0 Å². The molecule has 1 saturated heterocycles. The lowest BCUT2D eigenvalue weighted by atomic mass is 10.1. The molecule has 1 aliphatic rings. The lowest BCUT2D eigenvalue weighted by Crippen LogP contribution is -2.46. The molecule has 7 heteroatoms. The van der Waals surface area contributed by atoms with Gasteiger partial charge >= 0.3 is 5.97 Å². The van der Waals surface area contributed by atoms with Crippen molar-refractivity contribution in [2.75, 3.05) is 19.6 Å². The van der Waals surface area contributed by atoms with Crippen LogP contribution in [-0.4, -0.2) is 52.5 Å². The number of thiophene rings is 1. The van der Waals surface area contributed by atoms with E-state index < -0.39 is 5.97 Å². The van der Waals surface area contributed by atoms with E-state index in [9.17, 15) is 9.59 Å². The Morgan fingerprint density at radius 2 is 2.35 bits per heavy atom. The highest BCUT2D eigenvalue weighted by atomic mass is 35.5. The summed E-state index contributed by atoms with van der Waals surface area (Å²) in [5.41, 5.74) is 0. The van der Waals surface area contributed by atoms with E-state index in [1.165, 1.54) is 0 Å². The molecule has 1 aliphatic heterocycles. The Hall–Kier alpha value is -1.37. The lowest BCUT2D eigenvalue weighted by Gasteiger charge is -2.29. The molecule has 1 fully saturated rings. The molecule has 0 aliphatic carbocycles. The molecule has 2 heterocycles. The van der Waals surface area contributed by atoms with Crippen molar-refractivity contribution in [2.24, 2.45) is 5.92 Å². The van der Waals surface area contributed by atoms with Gasteiger partial charge in [0.2, 0.25) is 5.91 Å². The van der Waals surface area contributed by atoms with E-state index in [-0.39, 0.29) is 30.3 Å². The predicted molar refractivity (Wildman–Crippen MR) is 94.0 cm³/mol. The fraction of sp³-hybridized carbons (Fsp3) is 0.500. The first-order valence-electron chi connectivity index (χ1n) is 7.41. The molecule has 1 N–H and O–H groups in total. The van der Waals surface area contributed by atoms with Gasteiger partial charge in [-0.15, -0.1) is 30.3 Å². The molecular weight excluding hydrogens is 336 g/mol. The number of hydrogen-bond donors (Lipinski definition) is 1. The number of amides is 1. The first-order chi connectivity index (χ1) is 10.5. The number of carboxylic acid groups (broad SMARTS) is 1. The number of carbonyl (C=O) groups is 2. The molecule has 0 spiro atoms. The van der Waals surface area contributed by atoms with Crippen molar-refractivity contribution in [1.29, 1.82) is 0 Å². The molecule has 128 valence electrons. The maximum Gasteiger partial charge on any atom is 0.307 e. The van der Waals surface area contributed by atoms with Gasteiger partial charge in [-0.25, -0.2) is 0 Å². The monoisotopic (exact) mass is 358 g/mol. The second kappa shape index (κ2) is 9.05. The van der Waals surface area contributed by atoms with Crippen molar-refractivity contribution in [1.82, 2.24) is 9.80 Å². The third-order valence-corrected chi connectivity index (χ3v) is 4.92. The van der Waals surface area contributed by atoms with Crippen LogP contribution in [0.15, 0.2) is 30.2 Å². The Balaban J connectivity index is 0.00000264. The van der Waals surface area contributed by atoms with Crippen LogP contribution in [0.2, 0.25) is 0 Å². The molecule has 1 aromatic heterocycles. The van der Waals surface area contributed by atoms with Gasteiger partial charge in [0.1, 0.15) is 0 Å². The normalized spacial score (nSPS) is 18.9. The third kappa shape index (κ3) is 5.06. The van der Waals surface area contributed by atoms with E-state index in [1.54, 1.807) is 22.3 Å². The summed E-state index contributed by atoms with van der Waals surface area (Å²) in [6.07, 6.45) is 2.33. The number of likely N-dealkylation sites (tertiary alicyclic amines) is 1. The van der Waals surface area contributed by atoms with Crippen molar-refractivity contribution >= 4 is 35.6 Å². The number of nitrogens with zero attached hydrogens (tertiary/aromatic N) is 2. The van der Waals surface area contributed by atoms with E-state index in [2.05, 4.69) is 6.58 Å². The van der Waals surface area contributed by atoms with Crippen LogP contribution in [0.25, 0.3) is 0 Å². The minimum Gasteiger partial charge on any atom is -0.481 e. The zero-order chi connectivity index (χ0) is 16.1. The molecule has 1 aromatic rings. The Morgan fingerprint density at radius 3 is 2.87 bits per heavy atom. The first-order valence-corrected chi connectivity index (χ1v) is 8.29. The van der Waals surface area contributed by atoms with Gasteiger partial charge < -0.3 is 10.0 Å². The van der Waals surface area contributed by atoms with Crippen molar-refractivity contribution in [3.8, 4) is 0 Å². The highest BCUT2D eigenvalue weighted by Crippen LogP contribution is 2.21. The van der Waals surface area contributed by atoms with Crippen LogP contribution < -0.4 is 0 Å². The summed E-state index contributed by atoms with van der Waals surface area (Å²) in [7, 11) is 0. The Morgan fingerprint density at radius 1 is 1.61 bits per heavy atom. The second-order valence-electron chi connectivity index (χ2n) is 5.58. The van der Waals surface area contributed by atoms with Crippen LogP contribution in [0.4, 0.5) is 0 Å². The summed E-state index contributed by atoms with van der Waals surface area (Å²) in [5.74, 6) is -1.11. The number of aliphatic carboxylic acids is 1. The van der Waals surface area contributed by atoms with Crippen molar-refractivity contribution in [3.05, 3.63) is 35.0 Å². The van der Waals surface area contributed by atoms with Gasteiger partial charge in [-0.1, -0.05) is 12.1 Å². The zero-order valence-electron chi connectivity index (χ0n) is 13.2. The third-order valence-electron chi connectivity index (χ3n) is 4.06. The Kier molecular flexibility index (Phi) is 7.75. The van der Waals surface area contributed by atoms with Crippen LogP contribution in [0.1, 0.15) is 18.2 Å². The van der Waals surface area contributed by atoms with Crippen LogP contribution >= 0.6 is 23.7 Å². The number of carboxylic acids is 1. The SMILES string of the molecule is C=CCN(Cc1cccs1)C(=O)C(C)N1CCC(C(=O)O)C1.Cl. The minimum absolute atomic E-state index is 0. The second-order valence-corrected chi connectivity index (χ2v) is 6.61. The highest BCUT2D eigenvalue weighted by Gasteiger charge is 2.34. The molecule has 2 rings (SSSR count). The van der Waals surface area contributed by atoms with Gasteiger partial charge in [0.15, 0.2) is 0 Å². The molecule has 0 saturated carbocycles. The topological polar surface area (TPSA) is 60.9 Å². The average Bonchev–Trinajstić information content (AvgIpc) is 3.16. The summed E-state index contributed by atoms with van der Waals surface area (Å²) in [6.45, 7) is 7.76. The predicted octanol–water partition coefficient (Wildman–Crippen LogP) is 2.48. The number of halogens is 1. The maximum atomic E-state index is 12.7. The quantitative estimate of drug-likeness (QED) is 0.761. The van der Waals surface area contributed by atoms with Crippen LogP contribution in [-0.2, 0) is 16.1 Å². The lowest BCUT2D eigenvalue weighted by molar-refractivity contribution is -0.142. The van der Waals surface area contributed by atoms with Gasteiger partial charge in [0.25, 0.3) is 0 Å². The average molecular weight is 359 g/mol. The van der Waals surface area contributed by atoms with Crippen molar-refractivity contribution in [2.45, 2.75) is 25.9 Å². The maximum absolute atomic E-state index is 12.7. The Bertz CT molecular complexity index is 535. The fourth-order valence-corrected chi connectivity index (χ4v) is 3.46. The van der Waals surface area contributed by atoms with E-state index >= 15 is 0 Å². The molecular formula is C16H23ClN2O3S. The van der Waals surface area contributed by atoms with E-state index in [4.69, 9.17) is 5.11 Å². The molecule has 23 heavy (non-hydrogen) atoms. The summed E-state index contributed by atoms with van der Waals surface area (Å²) in [6, 6.07) is 3.68. The van der Waals surface area contributed by atoms with Crippen LogP contribution in [0, 0.1) is 5.92 Å². The summed E-state index contributed by atoms with van der Waals surface area (Å²) < 4.78 is 0. The summed E-state index contributed by atoms with van der Waals surface area (Å²) >= 11 is 1.62. The van der Waals surface area contributed by atoms with Gasteiger partial charge in [0, 0.05) is 18.0 Å². The number of carbonyl (C=O) groups excluding carboxylic acids is 1. The first kappa shape index (κ1) is 19.7. The molecule has 5 nitrogen and oxygen atoms in total. The highest BCUT2D eigenvalue weighted by molar-refractivity contribution is 7.09. The van der Waals surface area contributed by atoms with Crippen molar-refractivity contribution < 1.29 is 14.7 Å². The van der Waals surface area contributed by atoms with Gasteiger partial charge in [-0.05, 0) is 31.3 Å². The van der Waals surface area contributed by atoms with E-state index in [0.717, 1.165) is 4.88 Å². The summed E-state index contributed by atoms with van der Waals surface area (Å²) in [5, 5.41) is 11.1. The van der Waals surface area contributed by atoms with Gasteiger partial charge in [-0.2, -0.15) is 0 Å². The van der Waals surface area contributed by atoms with Gasteiger partial charge in [-0.3, -0.25) is 14.5 Å². The Labute approximate surface area is 147 Å². The molecule has 1 amide bonds. The number of rotatable bonds is 7. The molecule has 2 atom stereocenters. The molecule has 0 aromatic carbocycles.